The van der Waals surface area contributed by atoms with Gasteiger partial charge in [-0.15, -0.1) is 0 Å². The van der Waals surface area contributed by atoms with Crippen LogP contribution in [-0.4, -0.2) is 18.5 Å². The maximum Gasteiger partial charge on any atom is 0.197 e. The van der Waals surface area contributed by atoms with Gasteiger partial charge in [-0.3, -0.25) is 4.79 Å². The van der Waals surface area contributed by atoms with Crippen molar-refractivity contribution in [2.45, 2.75) is 44.8 Å². The summed E-state index contributed by atoms with van der Waals surface area (Å²) in [5.41, 5.74) is 5.42. The molecule has 0 bridgehead atoms. The van der Waals surface area contributed by atoms with Crippen LogP contribution >= 0.6 is 0 Å². The molecule has 0 aliphatic carbocycles. The number of carbonyl (C=O) groups excluding carboxylic acids is 1. The second-order valence-corrected chi connectivity index (χ2v) is 4.42. The van der Waals surface area contributed by atoms with Gasteiger partial charge in [-0.05, 0) is 37.8 Å². The molecule has 1 fully saturated rings. The lowest BCUT2D eigenvalue weighted by Crippen LogP contribution is -2.06. The topological polar surface area (TPSA) is 65.5 Å². The first-order valence-electron chi connectivity index (χ1n) is 6.23. The molecule has 0 spiro atoms. The van der Waals surface area contributed by atoms with Crippen molar-refractivity contribution in [1.82, 2.24) is 0 Å². The van der Waals surface area contributed by atoms with E-state index in [0.29, 0.717) is 30.6 Å². The third-order valence-corrected chi connectivity index (χ3v) is 3.09. The lowest BCUT2D eigenvalue weighted by molar-refractivity contribution is 0.0902. The Morgan fingerprint density at radius 1 is 1.47 bits per heavy atom. The van der Waals surface area contributed by atoms with E-state index in [-0.39, 0.29) is 5.78 Å². The number of furan rings is 1. The number of rotatable bonds is 6. The van der Waals surface area contributed by atoms with Gasteiger partial charge >= 0.3 is 0 Å². The van der Waals surface area contributed by atoms with Crippen LogP contribution in [0.1, 0.15) is 48.4 Å². The summed E-state index contributed by atoms with van der Waals surface area (Å²) in [6, 6.07) is 3.46. The third kappa shape index (κ3) is 3.41. The molecule has 1 aromatic heterocycles. The lowest BCUT2D eigenvalue weighted by Gasteiger charge is -2.07. The highest BCUT2D eigenvalue weighted by Gasteiger charge is 2.16. The van der Waals surface area contributed by atoms with Gasteiger partial charge in [0.2, 0.25) is 0 Å². The fourth-order valence-electron chi connectivity index (χ4n) is 2.12. The standard InChI is InChI=1S/C13H19NO3/c14-9-11-6-7-13(17-11)12(15)5-1-3-10-4-2-8-16-10/h6-7,10H,1-5,8-9,14H2. The zero-order chi connectivity index (χ0) is 12.1. The highest BCUT2D eigenvalue weighted by atomic mass is 16.5. The van der Waals surface area contributed by atoms with Crippen molar-refractivity contribution in [1.29, 1.82) is 0 Å². The molecule has 1 aliphatic rings. The van der Waals surface area contributed by atoms with E-state index in [2.05, 4.69) is 0 Å². The van der Waals surface area contributed by atoms with E-state index in [1.807, 2.05) is 0 Å². The molecule has 2 rings (SSSR count). The number of ketones is 1. The average molecular weight is 237 g/mol. The molecule has 1 unspecified atom stereocenters. The van der Waals surface area contributed by atoms with Crippen molar-refractivity contribution in [3.8, 4) is 0 Å². The molecule has 0 radical (unpaired) electrons. The Morgan fingerprint density at radius 3 is 3.00 bits per heavy atom. The monoisotopic (exact) mass is 237 g/mol. The molecular weight excluding hydrogens is 218 g/mol. The minimum Gasteiger partial charge on any atom is -0.457 e. The molecule has 0 saturated carbocycles. The number of nitrogens with two attached hydrogens (primary N) is 1. The van der Waals surface area contributed by atoms with Gasteiger partial charge in [0.1, 0.15) is 5.76 Å². The molecule has 1 atom stereocenters. The minimum absolute atomic E-state index is 0.0581. The smallest absolute Gasteiger partial charge is 0.197 e. The van der Waals surface area contributed by atoms with Crippen LogP contribution in [0.25, 0.3) is 0 Å². The summed E-state index contributed by atoms with van der Waals surface area (Å²) in [6.07, 6.45) is 5.00. The van der Waals surface area contributed by atoms with Crippen LogP contribution in [0.4, 0.5) is 0 Å². The van der Waals surface area contributed by atoms with Gasteiger partial charge in [0.15, 0.2) is 11.5 Å². The quantitative estimate of drug-likeness (QED) is 0.771. The third-order valence-electron chi connectivity index (χ3n) is 3.09. The maximum absolute atomic E-state index is 11.8. The second-order valence-electron chi connectivity index (χ2n) is 4.42. The number of hydrogen-bond donors (Lipinski definition) is 1. The van der Waals surface area contributed by atoms with E-state index in [9.17, 15) is 4.79 Å². The molecule has 1 saturated heterocycles. The Bertz CT molecular complexity index is 366. The van der Waals surface area contributed by atoms with Gasteiger partial charge in [0.05, 0.1) is 12.6 Å². The first-order chi connectivity index (χ1) is 8.29. The van der Waals surface area contributed by atoms with Crippen LogP contribution < -0.4 is 5.73 Å². The average Bonchev–Trinajstić information content (AvgIpc) is 2.99. The largest absolute Gasteiger partial charge is 0.457 e. The molecule has 1 aromatic rings. The number of ether oxygens (including phenoxy) is 1. The molecule has 1 aliphatic heterocycles. The van der Waals surface area contributed by atoms with Crippen LogP contribution in [0.5, 0.6) is 0 Å². The Balaban J connectivity index is 1.72. The fourth-order valence-corrected chi connectivity index (χ4v) is 2.12. The summed E-state index contributed by atoms with van der Waals surface area (Å²) in [6.45, 7) is 1.21. The maximum atomic E-state index is 11.8. The lowest BCUT2D eigenvalue weighted by atomic mass is 10.1. The van der Waals surface area contributed by atoms with Crippen LogP contribution in [-0.2, 0) is 11.3 Å². The Kier molecular flexibility index (Phi) is 4.34. The fraction of sp³-hybridized carbons (Fsp3) is 0.615. The second kappa shape index (κ2) is 5.98. The van der Waals surface area contributed by atoms with Crippen LogP contribution in [0.15, 0.2) is 16.5 Å². The van der Waals surface area contributed by atoms with Crippen molar-refractivity contribution >= 4 is 5.78 Å². The van der Waals surface area contributed by atoms with Crippen molar-refractivity contribution in [2.75, 3.05) is 6.61 Å². The van der Waals surface area contributed by atoms with Crippen molar-refractivity contribution in [3.05, 3.63) is 23.7 Å². The van der Waals surface area contributed by atoms with E-state index >= 15 is 0 Å². The van der Waals surface area contributed by atoms with Crippen molar-refractivity contribution < 1.29 is 13.9 Å². The molecule has 4 nitrogen and oxygen atoms in total. The predicted octanol–water partition coefficient (Wildman–Crippen LogP) is 2.27. The zero-order valence-corrected chi connectivity index (χ0v) is 9.98. The zero-order valence-electron chi connectivity index (χ0n) is 9.98. The highest BCUT2D eigenvalue weighted by Crippen LogP contribution is 2.19. The van der Waals surface area contributed by atoms with Gasteiger partial charge < -0.3 is 14.9 Å². The number of carbonyl (C=O) groups is 1. The first-order valence-corrected chi connectivity index (χ1v) is 6.23. The SMILES string of the molecule is NCc1ccc(C(=O)CCCC2CCCO2)o1. The Labute approximate surface area is 101 Å². The van der Waals surface area contributed by atoms with Gasteiger partial charge in [-0.25, -0.2) is 0 Å². The summed E-state index contributed by atoms with van der Waals surface area (Å²) in [7, 11) is 0. The van der Waals surface area contributed by atoms with Crippen LogP contribution in [0, 0.1) is 0 Å². The Morgan fingerprint density at radius 2 is 2.35 bits per heavy atom. The summed E-state index contributed by atoms with van der Waals surface area (Å²) in [4.78, 5) is 11.8. The minimum atomic E-state index is 0.0581. The van der Waals surface area contributed by atoms with E-state index in [4.69, 9.17) is 14.9 Å². The molecule has 0 amide bonds. The molecule has 94 valence electrons. The molecule has 0 aromatic carbocycles. The molecule has 17 heavy (non-hydrogen) atoms. The molecule has 2 heterocycles. The number of Topliss-reactive ketones (excluding diaryl/α,β-unsaturated/α-hetero) is 1. The van der Waals surface area contributed by atoms with Crippen LogP contribution in [0.2, 0.25) is 0 Å². The van der Waals surface area contributed by atoms with E-state index in [1.165, 1.54) is 0 Å². The first kappa shape index (κ1) is 12.3. The summed E-state index contributed by atoms with van der Waals surface area (Å²) in [5.74, 6) is 1.15. The highest BCUT2D eigenvalue weighted by molar-refractivity contribution is 5.93. The van der Waals surface area contributed by atoms with Crippen LogP contribution in [0.3, 0.4) is 0 Å². The van der Waals surface area contributed by atoms with Crippen molar-refractivity contribution in [2.24, 2.45) is 5.73 Å². The molecule has 2 N–H and O–H groups in total. The molecular formula is C13H19NO3. The van der Waals surface area contributed by atoms with Gasteiger partial charge in [0.25, 0.3) is 0 Å². The van der Waals surface area contributed by atoms with Crippen molar-refractivity contribution in [3.63, 3.8) is 0 Å². The predicted molar refractivity (Wildman–Crippen MR) is 63.8 cm³/mol. The van der Waals surface area contributed by atoms with E-state index in [1.54, 1.807) is 12.1 Å². The normalized spacial score (nSPS) is 19.7. The van der Waals surface area contributed by atoms with Gasteiger partial charge in [0, 0.05) is 13.0 Å². The molecule has 4 heteroatoms. The number of hydrogen-bond acceptors (Lipinski definition) is 4. The summed E-state index contributed by atoms with van der Waals surface area (Å²) >= 11 is 0. The van der Waals surface area contributed by atoms with E-state index in [0.717, 1.165) is 32.3 Å². The summed E-state index contributed by atoms with van der Waals surface area (Å²) in [5, 5.41) is 0. The van der Waals surface area contributed by atoms with Gasteiger partial charge in [-0.2, -0.15) is 0 Å². The Hall–Kier alpha value is -1.13. The van der Waals surface area contributed by atoms with Gasteiger partial charge in [-0.1, -0.05) is 0 Å². The summed E-state index contributed by atoms with van der Waals surface area (Å²) < 4.78 is 10.8. The van der Waals surface area contributed by atoms with E-state index < -0.39 is 0 Å².